The van der Waals surface area contributed by atoms with Crippen molar-refractivity contribution in [2.45, 2.75) is 110 Å². The molecular formula is C121H118ClN5O10. The van der Waals surface area contributed by atoms with E-state index in [0.717, 1.165) is 121 Å². The third-order valence-electron chi connectivity index (χ3n) is 24.5. The van der Waals surface area contributed by atoms with Crippen LogP contribution in [0.1, 0.15) is 147 Å². The lowest BCUT2D eigenvalue weighted by atomic mass is 9.90. The van der Waals surface area contributed by atoms with E-state index >= 15 is 0 Å². The van der Waals surface area contributed by atoms with E-state index in [1.54, 1.807) is 42.5 Å². The summed E-state index contributed by atoms with van der Waals surface area (Å²) in [6, 6.07) is 124. The van der Waals surface area contributed by atoms with Crippen LogP contribution in [0.15, 0.2) is 382 Å². The van der Waals surface area contributed by atoms with Gasteiger partial charge in [0.1, 0.15) is 42.1 Å². The Morgan fingerprint density at radius 3 is 0.781 bits per heavy atom. The van der Waals surface area contributed by atoms with Crippen LogP contribution in [0.5, 0.6) is 0 Å². The number of Topliss-reactive ketones (excluding diaryl/α,β-unsaturated/α-hetero) is 5. The van der Waals surface area contributed by atoms with Crippen molar-refractivity contribution in [2.24, 2.45) is 28.7 Å². The molecule has 17 rings (SSSR count). The van der Waals surface area contributed by atoms with E-state index in [0.29, 0.717) is 61.3 Å². The highest BCUT2D eigenvalue weighted by Crippen LogP contribution is 2.30. The number of halogens is 1. The lowest BCUT2D eigenvalue weighted by Gasteiger charge is -2.15. The molecule has 16 heteroatoms. The van der Waals surface area contributed by atoms with Crippen molar-refractivity contribution in [3.8, 4) is 0 Å². The van der Waals surface area contributed by atoms with E-state index in [1.165, 1.54) is 21.7 Å². The highest BCUT2D eigenvalue weighted by Gasteiger charge is 2.26. The summed E-state index contributed by atoms with van der Waals surface area (Å²) in [5.41, 5.74) is 45.9. The van der Waals surface area contributed by atoms with Crippen molar-refractivity contribution in [3.05, 3.63) is 487 Å². The fraction of sp³-hybridized carbons (Fsp3) is 0.182. The van der Waals surface area contributed by atoms with Crippen molar-refractivity contribution in [1.29, 1.82) is 0 Å². The molecule has 0 fully saturated rings. The van der Waals surface area contributed by atoms with Gasteiger partial charge in [-0.25, -0.2) is 9.59 Å². The van der Waals surface area contributed by atoms with Crippen LogP contribution in [-0.2, 0) is 85.4 Å². The Bertz CT molecular complexity index is 6810. The maximum Gasteiger partial charge on any atom is 0.338 e. The molecule has 0 bridgehead atoms. The average Bonchev–Trinajstić information content (AvgIpc) is 0.831. The van der Waals surface area contributed by atoms with Gasteiger partial charge in [-0.05, 0) is 183 Å². The second-order valence-electron chi connectivity index (χ2n) is 34.2. The molecule has 11 N–H and O–H groups in total. The number of ketones is 5. The number of rotatable bonds is 32. The first kappa shape index (κ1) is 101. The Morgan fingerprint density at radius 2 is 0.504 bits per heavy atom. The fourth-order valence-corrected chi connectivity index (χ4v) is 16.9. The minimum absolute atomic E-state index is 0. The van der Waals surface area contributed by atoms with E-state index in [1.807, 2.05) is 263 Å². The van der Waals surface area contributed by atoms with Gasteiger partial charge in [-0.15, -0.1) is 0 Å². The van der Waals surface area contributed by atoms with Crippen molar-refractivity contribution in [1.82, 2.24) is 0 Å². The molecule has 17 aromatic rings. The SMILES string of the molecule is C.Cc1ccc(C(=O)OCc2ccc([C@@H](CN)C(=O)Cc3ccc4ccccc4c3)cc2)c(C)c1.Cc1ccc([C@@H](CN)C(=O)Cc2ccc3ccccc3c2)cc1.NC[C@@H](C(=O)Cc1ccc2ccccc2c1)c1ccc(CO)cc1.NC[C@@H](C(=O)Cc1ccc2ccccc2c1)c1ccc(COC(=O)c2ccccc2)cc1.NC[C@@H](C(=O)Cc1ccc2ccccc2c1)c1ccc(Cl)cc1. The molecule has 0 saturated carbocycles. The number of aliphatic hydroxyl groups excluding tert-OH is 1. The Labute approximate surface area is 807 Å². The van der Waals surface area contributed by atoms with Gasteiger partial charge in [0.2, 0.25) is 0 Å². The first-order valence-corrected chi connectivity index (χ1v) is 46.2. The summed E-state index contributed by atoms with van der Waals surface area (Å²) in [5.74, 6) is -1.70. The summed E-state index contributed by atoms with van der Waals surface area (Å²) in [7, 11) is 0. The molecule has 17 aromatic carbocycles. The van der Waals surface area contributed by atoms with Crippen LogP contribution in [0.3, 0.4) is 0 Å². The molecular weight excluding hydrogens is 1720 g/mol. The first-order valence-electron chi connectivity index (χ1n) is 45.8. The molecule has 0 unspecified atom stereocenters. The third kappa shape index (κ3) is 28.5. The number of esters is 2. The van der Waals surface area contributed by atoms with Gasteiger partial charge in [0, 0.05) is 69.9 Å². The van der Waals surface area contributed by atoms with Crippen LogP contribution in [0.2, 0.25) is 5.02 Å². The number of fused-ring (bicyclic) bond motifs is 5. The van der Waals surface area contributed by atoms with Crippen LogP contribution in [0.4, 0.5) is 0 Å². The lowest BCUT2D eigenvalue weighted by molar-refractivity contribution is -0.120. The largest absolute Gasteiger partial charge is 0.457 e. The Balaban J connectivity index is 0.000000155. The van der Waals surface area contributed by atoms with Crippen LogP contribution in [0.25, 0.3) is 53.9 Å². The van der Waals surface area contributed by atoms with E-state index in [-0.39, 0.29) is 117 Å². The molecule has 694 valence electrons. The topological polar surface area (TPSA) is 288 Å². The Hall–Kier alpha value is -14.6. The predicted octanol–water partition coefficient (Wildman–Crippen LogP) is 22.9. The number of carbonyl (C=O) groups is 7. The Morgan fingerprint density at radius 1 is 0.263 bits per heavy atom. The number of aliphatic hydroxyl groups is 1. The van der Waals surface area contributed by atoms with Crippen LogP contribution in [-0.4, -0.2) is 78.7 Å². The molecule has 15 nitrogen and oxygen atoms in total. The molecule has 0 aliphatic rings. The van der Waals surface area contributed by atoms with E-state index in [9.17, 15) is 33.6 Å². The molecule has 0 heterocycles. The quantitative estimate of drug-likeness (QED) is 0.0214. The molecule has 0 saturated heterocycles. The van der Waals surface area contributed by atoms with Crippen molar-refractivity contribution in [3.63, 3.8) is 0 Å². The first-order chi connectivity index (χ1) is 66.1. The lowest BCUT2D eigenvalue weighted by Crippen LogP contribution is -2.23. The van der Waals surface area contributed by atoms with Crippen molar-refractivity contribution in [2.75, 3.05) is 32.7 Å². The van der Waals surface area contributed by atoms with Gasteiger partial charge in [0.15, 0.2) is 0 Å². The second-order valence-corrected chi connectivity index (χ2v) is 34.7. The normalized spacial score (nSPS) is 12.0. The number of aryl methyl sites for hydroxylation is 3. The van der Waals surface area contributed by atoms with E-state index in [2.05, 4.69) is 97.1 Å². The molecule has 0 aromatic heterocycles. The number of ether oxygens (including phenoxy) is 2. The monoisotopic (exact) mass is 1840 g/mol. The highest BCUT2D eigenvalue weighted by molar-refractivity contribution is 6.30. The van der Waals surface area contributed by atoms with Crippen LogP contribution >= 0.6 is 11.6 Å². The summed E-state index contributed by atoms with van der Waals surface area (Å²) in [4.78, 5) is 88.6. The van der Waals surface area contributed by atoms with Crippen LogP contribution < -0.4 is 28.7 Å². The van der Waals surface area contributed by atoms with E-state index < -0.39 is 0 Å². The number of hydrogen-bond acceptors (Lipinski definition) is 15. The summed E-state index contributed by atoms with van der Waals surface area (Å²) >= 11 is 5.91. The van der Waals surface area contributed by atoms with Gasteiger partial charge in [-0.3, -0.25) is 24.0 Å². The molecule has 0 aliphatic heterocycles. The average molecular weight is 1840 g/mol. The number of carbonyl (C=O) groups excluding carboxylic acids is 7. The fourth-order valence-electron chi connectivity index (χ4n) is 16.8. The highest BCUT2D eigenvalue weighted by atomic mass is 35.5. The van der Waals surface area contributed by atoms with E-state index in [4.69, 9.17) is 54.8 Å². The van der Waals surface area contributed by atoms with Gasteiger partial charge in [0.05, 0.1) is 47.3 Å². The number of hydrogen-bond donors (Lipinski definition) is 6. The molecule has 0 amide bonds. The summed E-state index contributed by atoms with van der Waals surface area (Å²) in [5, 5.41) is 21.3. The third-order valence-corrected chi connectivity index (χ3v) is 24.8. The standard InChI is InChI=1S/C30H29NO3.C28H25NO3.C21H21NO2.C21H21NO.C20H18ClNO.CH4/c1-20-7-14-27(21(2)15-20)30(33)34-19-22-8-12-25(13-9-22)28(18-31)29(32)17-23-10-11-24-5-3-4-6-26(24)16-23;29-18-26(27(30)17-21-12-13-22-6-4-5-9-25(22)16-21)23-14-10-20(11-15-23)19-32-28(31)24-7-2-1-3-8-24;22-13-20(18-9-5-15(14-23)6-10-18)21(24)12-16-7-8-17-3-1-2-4-19(17)11-16;1-15-6-9-18(10-7-15)20(14-22)21(23)13-16-8-11-17-4-2-3-5-19(17)12-16;21-18-9-7-16(8-10-18)19(13-22)20(23)12-14-5-6-15-3-1-2-4-17(15)11-14;/h3-16,28H,17-19,31H2,1-2H3;1-16,26H,17-19,29H2;1-11,20,23H,12-14,22H2;2-12,20H,13-14,22H2,1H3;1-11,19H,12-13,22H2;1H4/t28-;26-;2*20-;19-;/m11111./s1. The van der Waals surface area contributed by atoms with Crippen molar-refractivity contribution >= 4 is 106 Å². The maximum absolute atomic E-state index is 13.0. The minimum Gasteiger partial charge on any atom is -0.457 e. The van der Waals surface area contributed by atoms with Gasteiger partial charge in [0.25, 0.3) is 0 Å². The summed E-state index contributed by atoms with van der Waals surface area (Å²) < 4.78 is 10.9. The summed E-state index contributed by atoms with van der Waals surface area (Å²) in [6.07, 6.45) is 1.84. The number of nitrogens with two attached hydrogens (primary N) is 5. The Kier molecular flexibility index (Phi) is 37.5. The molecule has 137 heavy (non-hydrogen) atoms. The zero-order valence-electron chi connectivity index (χ0n) is 76.8. The molecule has 0 aliphatic carbocycles. The zero-order valence-corrected chi connectivity index (χ0v) is 77.6. The molecule has 5 atom stereocenters. The zero-order chi connectivity index (χ0) is 95.8. The number of benzene rings is 17. The predicted molar refractivity (Wildman–Crippen MR) is 557 cm³/mol. The summed E-state index contributed by atoms with van der Waals surface area (Å²) in [6.45, 7) is 7.69. The molecule has 0 spiro atoms. The van der Waals surface area contributed by atoms with Gasteiger partial charge in [-0.1, -0.05) is 382 Å². The smallest absolute Gasteiger partial charge is 0.338 e. The second kappa shape index (κ2) is 50.6. The van der Waals surface area contributed by atoms with Crippen LogP contribution in [0, 0.1) is 20.8 Å². The van der Waals surface area contributed by atoms with Gasteiger partial charge < -0.3 is 43.2 Å². The van der Waals surface area contributed by atoms with Gasteiger partial charge >= 0.3 is 11.9 Å². The maximum atomic E-state index is 13.0. The van der Waals surface area contributed by atoms with Crippen molar-refractivity contribution < 1.29 is 48.1 Å². The minimum atomic E-state index is -0.377. The van der Waals surface area contributed by atoms with Gasteiger partial charge in [-0.2, -0.15) is 0 Å². The molecule has 0 radical (unpaired) electrons.